The fraction of sp³-hybridized carbons (Fsp3) is 0.263. The van der Waals surface area contributed by atoms with E-state index in [9.17, 15) is 19.8 Å². The molecular formula is C19H18N3O4S-. The van der Waals surface area contributed by atoms with Crippen LogP contribution in [0, 0.1) is 0 Å². The zero-order valence-electron chi connectivity index (χ0n) is 14.9. The Morgan fingerprint density at radius 3 is 2.81 bits per heavy atom. The minimum atomic E-state index is -1.46. The maximum absolute atomic E-state index is 12.4. The van der Waals surface area contributed by atoms with Crippen LogP contribution in [-0.2, 0) is 17.6 Å². The molecule has 3 aromatic rings. The van der Waals surface area contributed by atoms with Crippen LogP contribution in [0.2, 0.25) is 0 Å². The molecule has 3 rings (SSSR count). The molecule has 1 N–H and O–H groups in total. The van der Waals surface area contributed by atoms with E-state index >= 15 is 0 Å². The number of aromatic hydroxyl groups is 1. The topological polar surface area (TPSA) is 108 Å². The molecule has 0 amide bonds. The van der Waals surface area contributed by atoms with Crippen molar-refractivity contribution in [1.82, 2.24) is 14.4 Å². The van der Waals surface area contributed by atoms with E-state index in [2.05, 4.69) is 29.2 Å². The van der Waals surface area contributed by atoms with Crippen LogP contribution in [-0.4, -0.2) is 25.4 Å². The van der Waals surface area contributed by atoms with Crippen LogP contribution < -0.4 is 10.7 Å². The van der Waals surface area contributed by atoms with E-state index in [0.717, 1.165) is 35.2 Å². The number of hydrogen-bond acceptors (Lipinski definition) is 7. The first-order valence-electron chi connectivity index (χ1n) is 8.42. The summed E-state index contributed by atoms with van der Waals surface area (Å²) in [6.45, 7) is 4.21. The third-order valence-electron chi connectivity index (χ3n) is 4.08. The van der Waals surface area contributed by atoms with Crippen LogP contribution in [0.3, 0.4) is 0 Å². The fourth-order valence-corrected chi connectivity index (χ4v) is 3.55. The summed E-state index contributed by atoms with van der Waals surface area (Å²) in [6, 6.07) is 3.53. The number of carboxylic acid groups (broad SMARTS) is 1. The quantitative estimate of drug-likeness (QED) is 0.646. The average molecular weight is 384 g/mol. The number of aromatic nitrogens is 3. The van der Waals surface area contributed by atoms with Gasteiger partial charge in [-0.15, -0.1) is 11.3 Å². The summed E-state index contributed by atoms with van der Waals surface area (Å²) in [5.74, 6) is -1.58. The Bertz CT molecular complexity index is 1080. The minimum Gasteiger partial charge on any atom is -0.545 e. The van der Waals surface area contributed by atoms with Gasteiger partial charge in [-0.05, 0) is 42.2 Å². The number of aryl methyl sites for hydroxylation is 2. The van der Waals surface area contributed by atoms with Crippen molar-refractivity contribution in [3.8, 4) is 5.88 Å². The van der Waals surface area contributed by atoms with Crippen LogP contribution >= 0.6 is 11.3 Å². The van der Waals surface area contributed by atoms with Crippen molar-refractivity contribution < 1.29 is 15.0 Å². The molecule has 0 saturated heterocycles. The first-order valence-corrected chi connectivity index (χ1v) is 9.30. The second kappa shape index (κ2) is 7.71. The van der Waals surface area contributed by atoms with Crippen LogP contribution in [0.25, 0.3) is 11.7 Å². The van der Waals surface area contributed by atoms with Crippen molar-refractivity contribution in [2.45, 2.75) is 32.6 Å². The van der Waals surface area contributed by atoms with Gasteiger partial charge in [-0.1, -0.05) is 13.8 Å². The Morgan fingerprint density at radius 2 is 2.15 bits per heavy atom. The molecule has 0 saturated carbocycles. The van der Waals surface area contributed by atoms with E-state index in [4.69, 9.17) is 0 Å². The van der Waals surface area contributed by atoms with Crippen LogP contribution in [0.15, 0.2) is 34.6 Å². The lowest BCUT2D eigenvalue weighted by molar-refractivity contribution is -0.297. The number of carboxylic acids is 1. The molecule has 0 aromatic carbocycles. The summed E-state index contributed by atoms with van der Waals surface area (Å²) in [5, 5.41) is 23.6. The van der Waals surface area contributed by atoms with Gasteiger partial charge in [-0.2, -0.15) is 4.98 Å². The first-order chi connectivity index (χ1) is 12.8. The summed E-state index contributed by atoms with van der Waals surface area (Å²) >= 11 is 1.63. The number of nitrogens with zero attached hydrogens (tertiary/aromatic N) is 3. The first kappa shape index (κ1) is 18.8. The Hall–Kier alpha value is -3.00. The summed E-state index contributed by atoms with van der Waals surface area (Å²) in [7, 11) is 0. The third-order valence-corrected chi connectivity index (χ3v) is 5.01. The van der Waals surface area contributed by atoms with Gasteiger partial charge in [0, 0.05) is 18.0 Å². The van der Waals surface area contributed by atoms with Crippen molar-refractivity contribution >= 4 is 29.0 Å². The normalized spacial score (nSPS) is 11.7. The van der Waals surface area contributed by atoms with Gasteiger partial charge in [0.05, 0.1) is 16.7 Å². The van der Waals surface area contributed by atoms with Gasteiger partial charge in [0.1, 0.15) is 11.2 Å². The van der Waals surface area contributed by atoms with Crippen molar-refractivity contribution in [2.24, 2.45) is 0 Å². The van der Waals surface area contributed by atoms with Gasteiger partial charge < -0.3 is 15.0 Å². The lowest BCUT2D eigenvalue weighted by atomic mass is 10.1. The molecule has 0 bridgehead atoms. The molecule has 0 fully saturated rings. The number of hydrogen-bond donors (Lipinski definition) is 1. The van der Waals surface area contributed by atoms with E-state index in [0.29, 0.717) is 17.6 Å². The molecular weight excluding hydrogens is 366 g/mol. The molecule has 0 radical (unpaired) electrons. The summed E-state index contributed by atoms with van der Waals surface area (Å²) in [4.78, 5) is 31.5. The number of fused-ring (bicyclic) bond motifs is 1. The fourth-order valence-electron chi connectivity index (χ4n) is 2.59. The number of aliphatic carboxylic acids is 1. The van der Waals surface area contributed by atoms with Crippen molar-refractivity contribution in [1.29, 1.82) is 0 Å². The predicted octanol–water partition coefficient (Wildman–Crippen LogP) is 1.53. The standard InChI is InChI=1S/C19H19N3O4S/c1-11(2)14-10-27-16(20-14)5-3-12-7-8-22-15(9-12)21-18(25)13(19(22)26)4-6-17(23)24/h4,6-11,25H,3,5H2,1-2H3,(H,23,24)/p-1/b6-4+. The van der Waals surface area contributed by atoms with Gasteiger partial charge in [0.25, 0.3) is 5.56 Å². The SMILES string of the molecule is CC(C)c1csc(CCc2ccn3c(=O)c(/C=C/C(=O)[O-])c(O)nc3c2)n1. The van der Waals surface area contributed by atoms with Crippen LogP contribution in [0.1, 0.15) is 41.6 Å². The van der Waals surface area contributed by atoms with Crippen molar-refractivity contribution in [3.05, 3.63) is 62.0 Å². The Kier molecular flexibility index (Phi) is 5.36. The summed E-state index contributed by atoms with van der Waals surface area (Å²) in [5.41, 5.74) is 1.59. The maximum atomic E-state index is 12.4. The number of carbonyl (C=O) groups excluding carboxylic acids is 1. The lowest BCUT2D eigenvalue weighted by Gasteiger charge is -2.06. The second-order valence-electron chi connectivity index (χ2n) is 6.39. The van der Waals surface area contributed by atoms with Gasteiger partial charge >= 0.3 is 0 Å². The average Bonchev–Trinajstić information content (AvgIpc) is 3.08. The third kappa shape index (κ3) is 4.22. The Labute approximate surface area is 159 Å². The smallest absolute Gasteiger partial charge is 0.269 e. The van der Waals surface area contributed by atoms with E-state index in [1.165, 1.54) is 4.40 Å². The minimum absolute atomic E-state index is 0.201. The Balaban J connectivity index is 1.85. The summed E-state index contributed by atoms with van der Waals surface area (Å²) in [6.07, 6.45) is 4.73. The number of thiazole rings is 1. The monoisotopic (exact) mass is 384 g/mol. The van der Waals surface area contributed by atoms with E-state index in [1.54, 1.807) is 29.7 Å². The second-order valence-corrected chi connectivity index (χ2v) is 7.33. The maximum Gasteiger partial charge on any atom is 0.269 e. The Morgan fingerprint density at radius 1 is 1.37 bits per heavy atom. The lowest BCUT2D eigenvalue weighted by Crippen LogP contribution is -2.20. The van der Waals surface area contributed by atoms with Crippen LogP contribution in [0.4, 0.5) is 0 Å². The van der Waals surface area contributed by atoms with Gasteiger partial charge in [0.15, 0.2) is 0 Å². The molecule has 140 valence electrons. The van der Waals surface area contributed by atoms with Gasteiger partial charge in [-0.25, -0.2) is 4.98 Å². The highest BCUT2D eigenvalue weighted by atomic mass is 32.1. The van der Waals surface area contributed by atoms with E-state index in [1.807, 2.05) is 0 Å². The molecule has 0 aliphatic heterocycles. The molecule has 7 nitrogen and oxygen atoms in total. The highest BCUT2D eigenvalue weighted by Crippen LogP contribution is 2.20. The largest absolute Gasteiger partial charge is 0.545 e. The summed E-state index contributed by atoms with van der Waals surface area (Å²) < 4.78 is 1.26. The molecule has 0 atom stereocenters. The van der Waals surface area contributed by atoms with Crippen LogP contribution in [0.5, 0.6) is 5.88 Å². The molecule has 27 heavy (non-hydrogen) atoms. The highest BCUT2D eigenvalue weighted by Gasteiger charge is 2.11. The van der Waals surface area contributed by atoms with Gasteiger partial charge in [-0.3, -0.25) is 9.20 Å². The molecule has 0 aliphatic carbocycles. The number of rotatable bonds is 6. The predicted molar refractivity (Wildman–Crippen MR) is 101 cm³/mol. The molecule has 0 spiro atoms. The van der Waals surface area contributed by atoms with Crippen molar-refractivity contribution in [3.63, 3.8) is 0 Å². The highest BCUT2D eigenvalue weighted by molar-refractivity contribution is 7.09. The number of carbonyl (C=O) groups is 1. The molecule has 0 unspecified atom stereocenters. The van der Waals surface area contributed by atoms with E-state index in [-0.39, 0.29) is 5.56 Å². The molecule has 3 heterocycles. The van der Waals surface area contributed by atoms with Crippen molar-refractivity contribution in [2.75, 3.05) is 0 Å². The zero-order chi connectivity index (χ0) is 19.6. The van der Waals surface area contributed by atoms with E-state index < -0.39 is 17.4 Å². The van der Waals surface area contributed by atoms with Gasteiger partial charge in [0.2, 0.25) is 5.88 Å². The molecule has 0 aliphatic rings. The number of pyridine rings is 1. The molecule has 8 heteroatoms. The molecule has 3 aromatic heterocycles. The zero-order valence-corrected chi connectivity index (χ0v) is 15.7.